The molecule has 140 valence electrons. The lowest BCUT2D eigenvalue weighted by atomic mass is 9.76. The Labute approximate surface area is 152 Å². The Morgan fingerprint density at radius 2 is 1.88 bits per heavy atom. The van der Waals surface area contributed by atoms with Gasteiger partial charge in [0.2, 0.25) is 10.0 Å². The molecule has 0 unspecified atom stereocenters. The lowest BCUT2D eigenvalue weighted by Crippen LogP contribution is -2.44. The van der Waals surface area contributed by atoms with Crippen molar-refractivity contribution < 1.29 is 8.42 Å². The first kappa shape index (κ1) is 17.4. The number of aromatic amines is 1. The van der Waals surface area contributed by atoms with Crippen LogP contribution in [0.25, 0.3) is 0 Å². The molecule has 8 nitrogen and oxygen atoms in total. The van der Waals surface area contributed by atoms with Crippen LogP contribution in [0.15, 0.2) is 15.9 Å². The molecule has 2 aliphatic rings. The molecule has 1 spiro atoms. The SMILES string of the molecule is Cc1nc2c(c(=O)[nH]1)CCC21CCN(S(=O)(=O)c2cnn(C)c2C)CC1. The molecule has 3 heterocycles. The maximum absolute atomic E-state index is 13.0. The summed E-state index contributed by atoms with van der Waals surface area (Å²) in [7, 11) is -1.81. The normalized spacial score (nSPS) is 19.8. The van der Waals surface area contributed by atoms with Crippen LogP contribution < -0.4 is 5.56 Å². The molecule has 1 aliphatic heterocycles. The Kier molecular flexibility index (Phi) is 3.85. The van der Waals surface area contributed by atoms with Gasteiger partial charge in [-0.05, 0) is 39.5 Å². The number of hydrogen-bond acceptors (Lipinski definition) is 5. The number of H-pyrrole nitrogens is 1. The molecule has 1 saturated heterocycles. The van der Waals surface area contributed by atoms with E-state index >= 15 is 0 Å². The van der Waals surface area contributed by atoms with E-state index in [1.54, 1.807) is 29.9 Å². The first-order valence-corrected chi connectivity index (χ1v) is 10.3. The fraction of sp³-hybridized carbons (Fsp3) is 0.588. The Balaban J connectivity index is 1.62. The molecule has 9 heteroatoms. The van der Waals surface area contributed by atoms with E-state index in [2.05, 4.69) is 15.1 Å². The van der Waals surface area contributed by atoms with E-state index in [1.165, 1.54) is 6.20 Å². The number of rotatable bonds is 2. The second kappa shape index (κ2) is 5.75. The minimum absolute atomic E-state index is 0.0505. The average molecular weight is 377 g/mol. The number of nitrogens with zero attached hydrogens (tertiary/aromatic N) is 4. The molecule has 0 bridgehead atoms. The predicted octanol–water partition coefficient (Wildman–Crippen LogP) is 0.789. The number of hydrogen-bond donors (Lipinski definition) is 1. The first-order valence-electron chi connectivity index (χ1n) is 8.84. The Bertz CT molecular complexity index is 1030. The summed E-state index contributed by atoms with van der Waals surface area (Å²) in [6, 6.07) is 0. The third-order valence-corrected chi connectivity index (χ3v) is 7.98. The number of fused-ring (bicyclic) bond motifs is 2. The van der Waals surface area contributed by atoms with Gasteiger partial charge in [0.15, 0.2) is 0 Å². The van der Waals surface area contributed by atoms with E-state index in [-0.39, 0.29) is 15.9 Å². The summed E-state index contributed by atoms with van der Waals surface area (Å²) in [5.41, 5.74) is 2.07. The Morgan fingerprint density at radius 1 is 1.19 bits per heavy atom. The number of sulfonamides is 1. The minimum atomic E-state index is -3.55. The van der Waals surface area contributed by atoms with Crippen molar-refractivity contribution in [2.45, 2.75) is 49.8 Å². The van der Waals surface area contributed by atoms with Gasteiger partial charge in [0, 0.05) is 31.1 Å². The second-order valence-electron chi connectivity index (χ2n) is 7.38. The fourth-order valence-electron chi connectivity index (χ4n) is 4.28. The maximum atomic E-state index is 13.0. The quantitative estimate of drug-likeness (QED) is 0.834. The molecule has 2 aromatic rings. The van der Waals surface area contributed by atoms with Crippen LogP contribution in [0.2, 0.25) is 0 Å². The summed E-state index contributed by atoms with van der Waals surface area (Å²) >= 11 is 0. The Morgan fingerprint density at radius 3 is 2.50 bits per heavy atom. The topological polar surface area (TPSA) is 101 Å². The summed E-state index contributed by atoms with van der Waals surface area (Å²) < 4.78 is 29.1. The van der Waals surface area contributed by atoms with Gasteiger partial charge in [-0.25, -0.2) is 13.4 Å². The highest BCUT2D eigenvalue weighted by molar-refractivity contribution is 7.89. The molecule has 4 rings (SSSR count). The summed E-state index contributed by atoms with van der Waals surface area (Å²) in [4.78, 5) is 19.9. The number of aromatic nitrogens is 4. The van der Waals surface area contributed by atoms with Crippen molar-refractivity contribution >= 4 is 10.0 Å². The van der Waals surface area contributed by atoms with E-state index in [1.807, 2.05) is 0 Å². The van der Waals surface area contributed by atoms with Gasteiger partial charge < -0.3 is 4.98 Å². The Hall–Kier alpha value is -2.00. The second-order valence-corrected chi connectivity index (χ2v) is 9.29. The predicted molar refractivity (Wildman–Crippen MR) is 95.5 cm³/mol. The third kappa shape index (κ3) is 2.44. The summed E-state index contributed by atoms with van der Waals surface area (Å²) in [6.07, 6.45) is 4.38. The van der Waals surface area contributed by atoms with Gasteiger partial charge >= 0.3 is 0 Å². The zero-order chi connectivity index (χ0) is 18.7. The van der Waals surface area contributed by atoms with Gasteiger partial charge in [-0.3, -0.25) is 9.48 Å². The smallest absolute Gasteiger partial charge is 0.254 e. The molecule has 1 N–H and O–H groups in total. The molecule has 26 heavy (non-hydrogen) atoms. The monoisotopic (exact) mass is 377 g/mol. The van der Waals surface area contributed by atoms with E-state index in [9.17, 15) is 13.2 Å². The zero-order valence-corrected chi connectivity index (χ0v) is 16.1. The molecule has 0 amide bonds. The van der Waals surface area contributed by atoms with Gasteiger partial charge in [-0.15, -0.1) is 0 Å². The lowest BCUT2D eigenvalue weighted by molar-refractivity contribution is 0.227. The van der Waals surface area contributed by atoms with Gasteiger partial charge in [-0.2, -0.15) is 9.40 Å². The van der Waals surface area contributed by atoms with Crippen molar-refractivity contribution in [3.8, 4) is 0 Å². The summed E-state index contributed by atoms with van der Waals surface area (Å²) in [6.45, 7) is 4.42. The number of aryl methyl sites for hydroxylation is 2. The summed E-state index contributed by atoms with van der Waals surface area (Å²) in [5.74, 6) is 0.621. The molecule has 1 fully saturated rings. The van der Waals surface area contributed by atoms with Crippen LogP contribution in [0.5, 0.6) is 0 Å². The average Bonchev–Trinajstić information content (AvgIpc) is 3.10. The highest BCUT2D eigenvalue weighted by Gasteiger charge is 2.46. The van der Waals surface area contributed by atoms with Crippen LogP contribution in [0.1, 0.15) is 42.0 Å². The highest BCUT2D eigenvalue weighted by atomic mass is 32.2. The standard InChI is InChI=1S/C17H23N5O3S/c1-11-14(10-18-21(11)3)26(24,25)22-8-6-17(7-9-22)5-4-13-15(17)19-12(2)20-16(13)23/h10H,4-9H2,1-3H3,(H,19,20,23). The molecule has 1 aliphatic carbocycles. The maximum Gasteiger partial charge on any atom is 0.254 e. The van der Waals surface area contributed by atoms with E-state index in [4.69, 9.17) is 0 Å². The summed E-state index contributed by atoms with van der Waals surface area (Å²) in [5, 5.41) is 4.06. The van der Waals surface area contributed by atoms with Gasteiger partial charge in [0.05, 0.1) is 17.6 Å². The fourth-order valence-corrected chi connectivity index (χ4v) is 5.90. The van der Waals surface area contributed by atoms with E-state index in [0.29, 0.717) is 43.9 Å². The van der Waals surface area contributed by atoms with Crippen LogP contribution in [0, 0.1) is 13.8 Å². The van der Waals surface area contributed by atoms with Gasteiger partial charge in [-0.1, -0.05) is 0 Å². The molecular formula is C17H23N5O3S. The molecule has 0 atom stereocenters. The number of piperidine rings is 1. The molecule has 2 aromatic heterocycles. The molecular weight excluding hydrogens is 354 g/mol. The largest absolute Gasteiger partial charge is 0.311 e. The van der Waals surface area contributed by atoms with Crippen LogP contribution in [-0.4, -0.2) is 45.6 Å². The van der Waals surface area contributed by atoms with Crippen molar-refractivity contribution in [2.24, 2.45) is 7.05 Å². The molecule has 0 saturated carbocycles. The first-order chi connectivity index (χ1) is 12.2. The van der Waals surface area contributed by atoms with Crippen LogP contribution >= 0.6 is 0 Å². The van der Waals surface area contributed by atoms with E-state index < -0.39 is 10.0 Å². The van der Waals surface area contributed by atoms with Crippen molar-refractivity contribution in [1.82, 2.24) is 24.1 Å². The zero-order valence-electron chi connectivity index (χ0n) is 15.2. The highest BCUT2D eigenvalue weighted by Crippen LogP contribution is 2.45. The molecule has 0 radical (unpaired) electrons. The van der Waals surface area contributed by atoms with Crippen molar-refractivity contribution in [3.05, 3.63) is 39.3 Å². The van der Waals surface area contributed by atoms with Gasteiger partial charge in [0.25, 0.3) is 5.56 Å². The van der Waals surface area contributed by atoms with Crippen LogP contribution in [0.3, 0.4) is 0 Å². The van der Waals surface area contributed by atoms with Crippen molar-refractivity contribution in [1.29, 1.82) is 0 Å². The van der Waals surface area contributed by atoms with Gasteiger partial charge in [0.1, 0.15) is 10.7 Å². The van der Waals surface area contributed by atoms with Crippen molar-refractivity contribution in [2.75, 3.05) is 13.1 Å². The third-order valence-electron chi connectivity index (χ3n) is 5.98. The van der Waals surface area contributed by atoms with Crippen LogP contribution in [-0.2, 0) is 28.9 Å². The minimum Gasteiger partial charge on any atom is -0.311 e. The van der Waals surface area contributed by atoms with E-state index in [0.717, 1.165) is 17.7 Å². The lowest BCUT2D eigenvalue weighted by Gasteiger charge is -2.38. The number of nitrogens with one attached hydrogen (secondary N) is 1. The van der Waals surface area contributed by atoms with Crippen molar-refractivity contribution in [3.63, 3.8) is 0 Å². The van der Waals surface area contributed by atoms with Crippen LogP contribution in [0.4, 0.5) is 0 Å². The molecule has 0 aromatic carbocycles.